The van der Waals surface area contributed by atoms with Gasteiger partial charge in [-0.05, 0) is 30.2 Å². The molecule has 0 aromatic heterocycles. The van der Waals surface area contributed by atoms with Crippen molar-refractivity contribution in [3.63, 3.8) is 0 Å². The minimum absolute atomic E-state index is 0.0636. The van der Waals surface area contributed by atoms with Crippen LogP contribution in [-0.4, -0.2) is 22.9 Å². The lowest BCUT2D eigenvalue weighted by Crippen LogP contribution is -2.32. The summed E-state index contributed by atoms with van der Waals surface area (Å²) in [5.41, 5.74) is -0.560. The lowest BCUT2D eigenvalue weighted by molar-refractivity contribution is -0.237. The monoisotopic (exact) mass is 366 g/mol. The number of nitrogens with zero attached hydrogens (tertiary/aromatic N) is 3. The van der Waals surface area contributed by atoms with E-state index in [0.717, 1.165) is 17.8 Å². The van der Waals surface area contributed by atoms with Gasteiger partial charge < -0.3 is 0 Å². The molecule has 23 heavy (non-hydrogen) atoms. The lowest BCUT2D eigenvalue weighted by Gasteiger charge is -2.19. The maximum atomic E-state index is 13.1. The Hall–Kier alpha value is -1.98. The number of hydrogen-bond donors (Lipinski definition) is 1. The summed E-state index contributed by atoms with van der Waals surface area (Å²) in [5, 5.41) is 14.8. The number of amidine groups is 1. The first kappa shape index (κ1) is 19.1. The van der Waals surface area contributed by atoms with Crippen LogP contribution in [0.5, 0.6) is 0 Å². The second-order valence-corrected chi connectivity index (χ2v) is 5.69. The molecule has 0 spiro atoms. The molecular weight excluding hydrogens is 359 g/mol. The highest BCUT2D eigenvalue weighted by Gasteiger charge is 2.58. The SMILES string of the molecule is CSC(=Nc1cccc(SC(F)(F)C(F)(F)F)c1C#N)NC#N. The van der Waals surface area contributed by atoms with Crippen molar-refractivity contribution in [1.82, 2.24) is 5.32 Å². The average molecular weight is 366 g/mol. The summed E-state index contributed by atoms with van der Waals surface area (Å²) >= 11 is 0.228. The van der Waals surface area contributed by atoms with Gasteiger partial charge in [0.1, 0.15) is 6.07 Å². The first-order chi connectivity index (χ1) is 10.7. The molecule has 0 saturated carbocycles. The molecule has 0 bridgehead atoms. The van der Waals surface area contributed by atoms with E-state index in [9.17, 15) is 22.0 Å². The summed E-state index contributed by atoms with van der Waals surface area (Å²) in [4.78, 5) is 3.31. The Morgan fingerprint density at radius 2 is 1.87 bits per heavy atom. The fourth-order valence-corrected chi connectivity index (χ4v) is 2.42. The van der Waals surface area contributed by atoms with Crippen molar-refractivity contribution in [2.24, 2.45) is 4.99 Å². The fraction of sp³-hybridized carbons (Fsp3) is 0.250. The van der Waals surface area contributed by atoms with E-state index in [-0.39, 0.29) is 10.9 Å². The molecule has 0 amide bonds. The van der Waals surface area contributed by atoms with E-state index in [0.29, 0.717) is 0 Å². The number of alkyl halides is 5. The largest absolute Gasteiger partial charge is 0.464 e. The highest BCUT2D eigenvalue weighted by atomic mass is 32.2. The van der Waals surface area contributed by atoms with Crippen LogP contribution in [-0.2, 0) is 0 Å². The van der Waals surface area contributed by atoms with E-state index < -0.39 is 33.7 Å². The van der Waals surface area contributed by atoms with E-state index in [1.807, 2.05) is 0 Å². The number of rotatable bonds is 3. The minimum Gasteiger partial charge on any atom is -0.271 e. The van der Waals surface area contributed by atoms with Crippen LogP contribution >= 0.6 is 23.5 Å². The number of thioether (sulfide) groups is 2. The van der Waals surface area contributed by atoms with Gasteiger partial charge in [0.15, 0.2) is 11.4 Å². The summed E-state index contributed by atoms with van der Waals surface area (Å²) < 4.78 is 63.2. The normalized spacial score (nSPS) is 12.4. The van der Waals surface area contributed by atoms with Gasteiger partial charge in [0.2, 0.25) is 0 Å². The predicted octanol–water partition coefficient (Wildman–Crippen LogP) is 4.23. The third kappa shape index (κ3) is 4.74. The molecule has 0 aliphatic rings. The van der Waals surface area contributed by atoms with Crippen molar-refractivity contribution < 1.29 is 22.0 Å². The van der Waals surface area contributed by atoms with Crippen molar-refractivity contribution >= 4 is 34.4 Å². The summed E-state index contributed by atoms with van der Waals surface area (Å²) in [5.74, 6) is 0. The van der Waals surface area contributed by atoms with Gasteiger partial charge in [-0.25, -0.2) is 4.99 Å². The van der Waals surface area contributed by atoms with Crippen LogP contribution in [0, 0.1) is 22.8 Å². The zero-order valence-corrected chi connectivity index (χ0v) is 12.9. The Morgan fingerprint density at radius 1 is 1.22 bits per heavy atom. The molecule has 0 radical (unpaired) electrons. The Labute approximate surface area is 136 Å². The van der Waals surface area contributed by atoms with E-state index in [4.69, 9.17) is 10.5 Å². The third-order valence-corrected chi connectivity index (χ3v) is 3.89. The Morgan fingerprint density at radius 3 is 2.35 bits per heavy atom. The maximum Gasteiger partial charge on any atom is 0.464 e. The van der Waals surface area contributed by atoms with Crippen LogP contribution in [0.2, 0.25) is 0 Å². The van der Waals surface area contributed by atoms with Gasteiger partial charge in [0.05, 0.1) is 11.3 Å². The van der Waals surface area contributed by atoms with Crippen molar-refractivity contribution in [2.45, 2.75) is 16.3 Å². The molecule has 4 nitrogen and oxygen atoms in total. The summed E-state index contributed by atoms with van der Waals surface area (Å²) in [6, 6.07) is 4.99. The van der Waals surface area contributed by atoms with E-state index in [1.54, 1.807) is 18.5 Å². The number of nitrogens with one attached hydrogen (secondary N) is 1. The van der Waals surface area contributed by atoms with Gasteiger partial charge in [-0.3, -0.25) is 5.32 Å². The zero-order valence-electron chi connectivity index (χ0n) is 11.3. The molecule has 11 heteroatoms. The Bertz CT molecular complexity index is 688. The summed E-state index contributed by atoms with van der Waals surface area (Å²) in [6.07, 6.45) is -2.60. The quantitative estimate of drug-likeness (QED) is 0.216. The van der Waals surface area contributed by atoms with Crippen molar-refractivity contribution in [1.29, 1.82) is 10.5 Å². The Balaban J connectivity index is 3.32. The number of nitriles is 2. The predicted molar refractivity (Wildman–Crippen MR) is 77.4 cm³/mol. The lowest BCUT2D eigenvalue weighted by atomic mass is 10.2. The molecule has 0 unspecified atom stereocenters. The molecule has 1 rings (SSSR count). The van der Waals surface area contributed by atoms with Crippen LogP contribution in [0.3, 0.4) is 0 Å². The topological polar surface area (TPSA) is 72.0 Å². The molecule has 1 aromatic rings. The van der Waals surface area contributed by atoms with Crippen molar-refractivity contribution in [3.8, 4) is 12.3 Å². The zero-order chi connectivity index (χ0) is 17.7. The van der Waals surface area contributed by atoms with Crippen LogP contribution in [0.1, 0.15) is 5.56 Å². The van der Waals surface area contributed by atoms with Crippen LogP contribution < -0.4 is 5.32 Å². The minimum atomic E-state index is -5.75. The third-order valence-electron chi connectivity index (χ3n) is 2.26. The standard InChI is InChI=1S/C12H7F5N4S2/c1-22-10(20-6-19)21-8-3-2-4-9(7(8)5-18)23-12(16,17)11(13,14)15/h2-4H,1H3,(H,20,21). The van der Waals surface area contributed by atoms with Gasteiger partial charge in [-0.2, -0.15) is 32.5 Å². The molecule has 1 aromatic carbocycles. The van der Waals surface area contributed by atoms with E-state index in [1.165, 1.54) is 12.1 Å². The average Bonchev–Trinajstić information content (AvgIpc) is 2.45. The summed E-state index contributed by atoms with van der Waals surface area (Å²) in [7, 11) is 0. The molecule has 0 heterocycles. The summed E-state index contributed by atoms with van der Waals surface area (Å²) in [6.45, 7) is 0. The van der Waals surface area contributed by atoms with E-state index >= 15 is 0 Å². The molecule has 1 N–H and O–H groups in total. The highest BCUT2D eigenvalue weighted by molar-refractivity contribution is 8.13. The van der Waals surface area contributed by atoms with Crippen LogP contribution in [0.4, 0.5) is 27.6 Å². The number of aliphatic imine (C=N–C) groups is 1. The smallest absolute Gasteiger partial charge is 0.271 e. The van der Waals surface area contributed by atoms with Gasteiger partial charge in [-0.15, -0.1) is 0 Å². The molecule has 0 atom stereocenters. The second-order valence-electron chi connectivity index (χ2n) is 3.74. The Kier molecular flexibility index (Phi) is 6.24. The molecular formula is C12H7F5N4S2. The molecule has 0 aliphatic carbocycles. The van der Waals surface area contributed by atoms with Gasteiger partial charge in [-0.1, -0.05) is 17.8 Å². The van der Waals surface area contributed by atoms with E-state index in [2.05, 4.69) is 10.3 Å². The van der Waals surface area contributed by atoms with Crippen LogP contribution in [0.15, 0.2) is 28.1 Å². The van der Waals surface area contributed by atoms with Gasteiger partial charge in [0, 0.05) is 4.90 Å². The number of hydrogen-bond acceptors (Lipinski definition) is 5. The maximum absolute atomic E-state index is 13.1. The van der Waals surface area contributed by atoms with Gasteiger partial charge in [0.25, 0.3) is 0 Å². The molecule has 122 valence electrons. The second kappa shape index (κ2) is 7.53. The number of benzene rings is 1. The van der Waals surface area contributed by atoms with Crippen molar-refractivity contribution in [2.75, 3.05) is 6.26 Å². The van der Waals surface area contributed by atoms with Crippen molar-refractivity contribution in [3.05, 3.63) is 23.8 Å². The van der Waals surface area contributed by atoms with Crippen LogP contribution in [0.25, 0.3) is 0 Å². The fourth-order valence-electron chi connectivity index (χ4n) is 1.29. The molecule has 0 fully saturated rings. The molecule has 0 aliphatic heterocycles. The molecule has 0 saturated heterocycles. The first-order valence-corrected chi connectivity index (χ1v) is 7.65. The van der Waals surface area contributed by atoms with Gasteiger partial charge >= 0.3 is 11.4 Å². The first-order valence-electron chi connectivity index (χ1n) is 5.60. The number of halogens is 5. The highest BCUT2D eigenvalue weighted by Crippen LogP contribution is 2.49.